The number of hydrogen-bond donors (Lipinski definition) is 0. The highest BCUT2D eigenvalue weighted by Crippen LogP contribution is 2.39. The highest BCUT2D eigenvalue weighted by molar-refractivity contribution is 7.20. The Hall–Kier alpha value is -1.99. The lowest BCUT2D eigenvalue weighted by Crippen LogP contribution is -2.30. The van der Waals surface area contributed by atoms with E-state index in [1.165, 1.54) is 50.1 Å². The molecule has 4 rings (SSSR count). The number of pyridine rings is 1. The van der Waals surface area contributed by atoms with Crippen molar-refractivity contribution >= 4 is 33.4 Å². The molecule has 2 aromatic heterocycles. The predicted octanol–water partition coefficient (Wildman–Crippen LogP) is 3.97. The van der Waals surface area contributed by atoms with Crippen LogP contribution in [0, 0.1) is 0 Å². The number of amides is 2. The number of likely N-dealkylation sites (tertiary alicyclic amines) is 2. The fraction of sp³-hybridized carbons (Fsp3) is 0.625. The third kappa shape index (κ3) is 5.09. The summed E-state index contributed by atoms with van der Waals surface area (Å²) in [5, 5.41) is 1.07. The van der Waals surface area contributed by atoms with Crippen molar-refractivity contribution < 1.29 is 9.59 Å². The zero-order valence-corrected chi connectivity index (χ0v) is 19.6. The third-order valence-electron chi connectivity index (χ3n) is 6.62. The number of hydrogen-bond acceptors (Lipinski definition) is 5. The first-order valence-electron chi connectivity index (χ1n) is 11.6. The van der Waals surface area contributed by atoms with Gasteiger partial charge in [-0.2, -0.15) is 0 Å². The van der Waals surface area contributed by atoms with E-state index >= 15 is 0 Å². The van der Waals surface area contributed by atoms with Crippen LogP contribution in [0.15, 0.2) is 18.3 Å². The molecule has 2 aliphatic rings. The smallest absolute Gasteiger partial charge is 0.263 e. The molecule has 2 aliphatic heterocycles. The Morgan fingerprint density at radius 2 is 1.94 bits per heavy atom. The second-order valence-corrected chi connectivity index (χ2v) is 10.1. The summed E-state index contributed by atoms with van der Waals surface area (Å²) < 4.78 is 0. The van der Waals surface area contributed by atoms with Crippen LogP contribution in [0.3, 0.4) is 0 Å². The molecule has 7 heteroatoms. The molecule has 2 amide bonds. The minimum absolute atomic E-state index is 0.0280. The van der Waals surface area contributed by atoms with Gasteiger partial charge < -0.3 is 14.7 Å². The quantitative estimate of drug-likeness (QED) is 0.679. The van der Waals surface area contributed by atoms with Crippen molar-refractivity contribution in [1.82, 2.24) is 19.7 Å². The maximum absolute atomic E-state index is 12.9. The van der Waals surface area contributed by atoms with Gasteiger partial charge in [-0.1, -0.05) is 18.9 Å². The Morgan fingerprint density at radius 1 is 1.16 bits per heavy atom. The van der Waals surface area contributed by atoms with Crippen LogP contribution in [-0.2, 0) is 4.79 Å². The zero-order valence-electron chi connectivity index (χ0n) is 18.8. The number of nitrogens with zero attached hydrogens (tertiary/aromatic N) is 4. The number of aromatic nitrogens is 1. The van der Waals surface area contributed by atoms with Crippen LogP contribution in [0.1, 0.15) is 66.1 Å². The maximum atomic E-state index is 12.9. The van der Waals surface area contributed by atoms with Crippen molar-refractivity contribution in [1.29, 1.82) is 0 Å². The van der Waals surface area contributed by atoms with E-state index in [-0.39, 0.29) is 17.7 Å². The van der Waals surface area contributed by atoms with Gasteiger partial charge in [-0.15, -0.1) is 11.3 Å². The van der Waals surface area contributed by atoms with Gasteiger partial charge >= 0.3 is 0 Å². The molecule has 0 aromatic carbocycles. The largest absolute Gasteiger partial charge is 0.344 e. The molecular formula is C24H34N4O2S. The van der Waals surface area contributed by atoms with Crippen LogP contribution in [0.2, 0.25) is 0 Å². The standard InChI is InChI=1S/C24H34N4O2S/c1-26(2)24(30)22-21(19-9-7-12-25-23(19)31-22)18-11-16-28(17-18)20(29)10-8-15-27-13-5-3-4-6-14-27/h7,9,12,18H,3-6,8,10-11,13-17H2,1-2H3/t18-/m1/s1. The Bertz CT molecular complexity index is 917. The summed E-state index contributed by atoms with van der Waals surface area (Å²) in [5.74, 6) is 0.488. The first kappa shape index (κ1) is 22.2. The highest BCUT2D eigenvalue weighted by atomic mass is 32.1. The van der Waals surface area contributed by atoms with Crippen molar-refractivity contribution in [2.75, 3.05) is 46.8 Å². The number of rotatable bonds is 6. The maximum Gasteiger partial charge on any atom is 0.263 e. The summed E-state index contributed by atoms with van der Waals surface area (Å²) in [6.07, 6.45) is 9.52. The van der Waals surface area contributed by atoms with Crippen molar-refractivity contribution in [2.45, 2.75) is 50.9 Å². The second-order valence-electron chi connectivity index (χ2n) is 9.09. The molecule has 1 atom stereocenters. The van der Waals surface area contributed by atoms with Crippen LogP contribution in [0.25, 0.3) is 10.2 Å². The fourth-order valence-electron chi connectivity index (χ4n) is 4.91. The highest BCUT2D eigenvalue weighted by Gasteiger charge is 2.33. The second kappa shape index (κ2) is 10.1. The van der Waals surface area contributed by atoms with Gasteiger partial charge in [0.2, 0.25) is 5.91 Å². The number of carbonyl (C=O) groups excluding carboxylic acids is 2. The Balaban J connectivity index is 1.40. The molecule has 0 saturated carbocycles. The van der Waals surface area contributed by atoms with Crippen molar-refractivity contribution in [3.8, 4) is 0 Å². The van der Waals surface area contributed by atoms with Crippen LogP contribution in [0.5, 0.6) is 0 Å². The fourth-order valence-corrected chi connectivity index (χ4v) is 6.16. The van der Waals surface area contributed by atoms with Gasteiger partial charge in [0.05, 0.1) is 4.88 Å². The lowest BCUT2D eigenvalue weighted by Gasteiger charge is -2.21. The van der Waals surface area contributed by atoms with Gasteiger partial charge in [-0.05, 0) is 56.9 Å². The molecule has 0 bridgehead atoms. The molecule has 31 heavy (non-hydrogen) atoms. The molecule has 0 unspecified atom stereocenters. The van der Waals surface area contributed by atoms with E-state index in [4.69, 9.17) is 0 Å². The summed E-state index contributed by atoms with van der Waals surface area (Å²) in [4.78, 5) is 38.1. The first-order chi connectivity index (χ1) is 15.0. The van der Waals surface area contributed by atoms with E-state index in [2.05, 4.69) is 16.0 Å². The Labute approximate surface area is 189 Å². The van der Waals surface area contributed by atoms with Crippen molar-refractivity contribution in [2.24, 2.45) is 0 Å². The van der Waals surface area contributed by atoms with Gasteiger partial charge in [-0.25, -0.2) is 4.98 Å². The molecular weight excluding hydrogens is 408 g/mol. The average molecular weight is 443 g/mol. The Morgan fingerprint density at radius 3 is 2.68 bits per heavy atom. The van der Waals surface area contributed by atoms with Crippen molar-refractivity contribution in [3.05, 3.63) is 28.8 Å². The molecule has 0 spiro atoms. The average Bonchev–Trinajstić information content (AvgIpc) is 3.31. The van der Waals surface area contributed by atoms with Crippen LogP contribution >= 0.6 is 11.3 Å². The lowest BCUT2D eigenvalue weighted by atomic mass is 9.95. The summed E-state index contributed by atoms with van der Waals surface area (Å²) >= 11 is 1.48. The number of fused-ring (bicyclic) bond motifs is 1. The minimum atomic E-state index is 0.0280. The van der Waals surface area contributed by atoms with E-state index in [1.54, 1.807) is 25.2 Å². The van der Waals surface area contributed by atoms with Gasteiger partial charge in [-0.3, -0.25) is 9.59 Å². The van der Waals surface area contributed by atoms with Crippen LogP contribution in [0.4, 0.5) is 0 Å². The molecule has 168 valence electrons. The summed E-state index contributed by atoms with van der Waals surface area (Å²) in [6.45, 7) is 4.88. The monoisotopic (exact) mass is 442 g/mol. The molecule has 0 aliphatic carbocycles. The van der Waals surface area contributed by atoms with E-state index in [9.17, 15) is 9.59 Å². The van der Waals surface area contributed by atoms with Crippen LogP contribution in [-0.4, -0.2) is 78.3 Å². The van der Waals surface area contributed by atoms with Gasteiger partial charge in [0.1, 0.15) is 4.83 Å². The summed E-state index contributed by atoms with van der Waals surface area (Å²) in [7, 11) is 3.58. The summed E-state index contributed by atoms with van der Waals surface area (Å²) in [5.41, 5.74) is 1.09. The SMILES string of the molecule is CN(C)C(=O)c1sc2ncccc2c1[C@@H]1CCN(C(=O)CCCN2CCCCCC2)C1. The van der Waals surface area contributed by atoms with E-state index < -0.39 is 0 Å². The van der Waals surface area contributed by atoms with Gasteiger partial charge in [0.25, 0.3) is 5.91 Å². The zero-order chi connectivity index (χ0) is 21.8. The molecule has 2 aromatic rings. The van der Waals surface area contributed by atoms with Gasteiger partial charge in [0.15, 0.2) is 0 Å². The first-order valence-corrected chi connectivity index (χ1v) is 12.5. The molecule has 0 N–H and O–H groups in total. The van der Waals surface area contributed by atoms with E-state index in [0.717, 1.165) is 46.6 Å². The lowest BCUT2D eigenvalue weighted by molar-refractivity contribution is -0.130. The molecule has 2 fully saturated rings. The number of carbonyl (C=O) groups is 2. The van der Waals surface area contributed by atoms with E-state index in [0.29, 0.717) is 13.0 Å². The van der Waals surface area contributed by atoms with Crippen LogP contribution < -0.4 is 0 Å². The summed E-state index contributed by atoms with van der Waals surface area (Å²) in [6, 6.07) is 4.00. The molecule has 0 radical (unpaired) electrons. The van der Waals surface area contributed by atoms with Crippen molar-refractivity contribution in [3.63, 3.8) is 0 Å². The third-order valence-corrected chi connectivity index (χ3v) is 7.74. The minimum Gasteiger partial charge on any atom is -0.344 e. The normalized spacial score (nSPS) is 20.2. The molecule has 2 saturated heterocycles. The molecule has 6 nitrogen and oxygen atoms in total. The number of thiophene rings is 1. The van der Waals surface area contributed by atoms with E-state index in [1.807, 2.05) is 11.0 Å². The Kier molecular flexibility index (Phi) is 7.23. The topological polar surface area (TPSA) is 56.8 Å². The predicted molar refractivity (Wildman–Crippen MR) is 126 cm³/mol. The van der Waals surface area contributed by atoms with Gasteiger partial charge in [0, 0.05) is 51.1 Å². The molecule has 4 heterocycles.